The minimum absolute atomic E-state index is 0.0291. The quantitative estimate of drug-likeness (QED) is 0.114. The normalized spacial score (nSPS) is 22.6. The van der Waals surface area contributed by atoms with Gasteiger partial charge in [-0.15, -0.1) is 0 Å². The molecule has 0 aromatic heterocycles. The van der Waals surface area contributed by atoms with E-state index in [-0.39, 0.29) is 36.9 Å². The number of hydrogen-bond donors (Lipinski definition) is 2. The minimum Gasteiger partial charge on any atom is -0.435 e. The van der Waals surface area contributed by atoms with Gasteiger partial charge in [0.25, 0.3) is 0 Å². The van der Waals surface area contributed by atoms with E-state index in [9.17, 15) is 9.59 Å². The highest BCUT2D eigenvalue weighted by Crippen LogP contribution is 2.39. The van der Waals surface area contributed by atoms with Crippen molar-refractivity contribution in [1.29, 1.82) is 0 Å². The molecule has 0 spiro atoms. The van der Waals surface area contributed by atoms with Crippen LogP contribution in [0.15, 0.2) is 42.5 Å². The van der Waals surface area contributed by atoms with Crippen molar-refractivity contribution in [2.45, 2.75) is 108 Å². The standard InChI is InChI=1S/C33H48O8/c1-4-5-6-7-28-18-27(25-8-13-29(14-9-25)38-21-40-32(36)23(2)19-34)12-17-31(28)26-10-15-30(16-11-26)39-22-41-33(37)24(3)20-35/h12,17-18,25-26,29-30,34-35H,2-11,13-16,19-22H2,1H3. The summed E-state index contributed by atoms with van der Waals surface area (Å²) in [6.07, 6.45) is 12.7. The van der Waals surface area contributed by atoms with E-state index in [1.807, 2.05) is 0 Å². The summed E-state index contributed by atoms with van der Waals surface area (Å²) in [4.78, 5) is 23.3. The number of esters is 2. The first kappa shape index (κ1) is 33.0. The molecule has 2 aliphatic carbocycles. The summed E-state index contributed by atoms with van der Waals surface area (Å²) in [5.74, 6) is -0.236. The largest absolute Gasteiger partial charge is 0.435 e. The van der Waals surface area contributed by atoms with Gasteiger partial charge in [0.1, 0.15) is 0 Å². The second kappa shape index (κ2) is 17.4. The number of carbonyl (C=O) groups is 2. The summed E-state index contributed by atoms with van der Waals surface area (Å²) in [7, 11) is 0. The maximum absolute atomic E-state index is 11.7. The Labute approximate surface area is 244 Å². The third-order valence-corrected chi connectivity index (χ3v) is 8.42. The summed E-state index contributed by atoms with van der Waals surface area (Å²) in [5.41, 5.74) is 4.42. The fraction of sp³-hybridized carbons (Fsp3) is 0.636. The maximum atomic E-state index is 11.7. The third-order valence-electron chi connectivity index (χ3n) is 8.42. The topological polar surface area (TPSA) is 112 Å². The van der Waals surface area contributed by atoms with Crippen LogP contribution in [0.5, 0.6) is 0 Å². The second-order valence-corrected chi connectivity index (χ2v) is 11.3. The van der Waals surface area contributed by atoms with Crippen molar-refractivity contribution in [1.82, 2.24) is 0 Å². The molecule has 3 rings (SSSR count). The maximum Gasteiger partial charge on any atom is 0.337 e. The number of aryl methyl sites for hydroxylation is 1. The van der Waals surface area contributed by atoms with Gasteiger partial charge in [-0.1, -0.05) is 51.1 Å². The number of carbonyl (C=O) groups excluding carboxylic acids is 2. The number of ether oxygens (including phenoxy) is 4. The Morgan fingerprint density at radius 1 is 0.780 bits per heavy atom. The molecule has 2 saturated carbocycles. The lowest BCUT2D eigenvalue weighted by atomic mass is 9.77. The molecule has 2 fully saturated rings. The predicted octanol–water partition coefficient (Wildman–Crippen LogP) is 5.60. The van der Waals surface area contributed by atoms with Gasteiger partial charge in [0.05, 0.1) is 36.6 Å². The van der Waals surface area contributed by atoms with E-state index in [4.69, 9.17) is 29.2 Å². The van der Waals surface area contributed by atoms with Gasteiger partial charge in [-0.25, -0.2) is 9.59 Å². The van der Waals surface area contributed by atoms with E-state index >= 15 is 0 Å². The van der Waals surface area contributed by atoms with Crippen molar-refractivity contribution >= 4 is 11.9 Å². The first-order valence-corrected chi connectivity index (χ1v) is 15.1. The Morgan fingerprint density at radius 3 is 1.78 bits per heavy atom. The number of aliphatic hydroxyl groups is 2. The van der Waals surface area contributed by atoms with Crippen LogP contribution in [0.2, 0.25) is 0 Å². The van der Waals surface area contributed by atoms with Crippen LogP contribution in [0.1, 0.15) is 106 Å². The van der Waals surface area contributed by atoms with Gasteiger partial charge in [0, 0.05) is 0 Å². The van der Waals surface area contributed by atoms with Crippen LogP contribution in [0.3, 0.4) is 0 Å². The Kier molecular flexibility index (Phi) is 14.0. The second-order valence-electron chi connectivity index (χ2n) is 11.3. The summed E-state index contributed by atoms with van der Waals surface area (Å²) >= 11 is 0. The molecule has 8 nitrogen and oxygen atoms in total. The smallest absolute Gasteiger partial charge is 0.337 e. The molecule has 2 N–H and O–H groups in total. The van der Waals surface area contributed by atoms with E-state index in [2.05, 4.69) is 38.3 Å². The zero-order chi connectivity index (χ0) is 29.6. The van der Waals surface area contributed by atoms with Gasteiger partial charge < -0.3 is 29.2 Å². The number of benzene rings is 1. The molecule has 228 valence electrons. The Bertz CT molecular complexity index is 1000. The van der Waals surface area contributed by atoms with Crippen molar-refractivity contribution < 1.29 is 38.7 Å². The van der Waals surface area contributed by atoms with E-state index in [0.29, 0.717) is 11.8 Å². The molecule has 8 heteroatoms. The highest BCUT2D eigenvalue weighted by Gasteiger charge is 2.27. The first-order chi connectivity index (χ1) is 19.9. The van der Waals surface area contributed by atoms with Crippen LogP contribution >= 0.6 is 0 Å². The molecule has 0 heterocycles. The average molecular weight is 573 g/mol. The lowest BCUT2D eigenvalue weighted by Crippen LogP contribution is -2.24. The SMILES string of the molecule is C=C(CO)C(=O)OCOC1CCC(c2ccc(C3CCC(OCOC(=O)C(=C)CO)CC3)c(CCCCC)c2)CC1. The molecule has 2 aliphatic rings. The minimum atomic E-state index is -0.621. The van der Waals surface area contributed by atoms with Gasteiger partial charge in [-0.2, -0.15) is 0 Å². The van der Waals surface area contributed by atoms with Gasteiger partial charge >= 0.3 is 11.9 Å². The van der Waals surface area contributed by atoms with E-state index in [1.165, 1.54) is 36.0 Å². The third kappa shape index (κ3) is 10.4. The van der Waals surface area contributed by atoms with Gasteiger partial charge in [-0.05, 0) is 92.7 Å². The molecule has 0 saturated heterocycles. The van der Waals surface area contributed by atoms with E-state index in [1.54, 1.807) is 0 Å². The van der Waals surface area contributed by atoms with Crippen molar-refractivity contribution in [2.24, 2.45) is 0 Å². The molecule has 0 aliphatic heterocycles. The Morgan fingerprint density at radius 2 is 1.29 bits per heavy atom. The molecule has 41 heavy (non-hydrogen) atoms. The molecule has 1 aromatic carbocycles. The molecular weight excluding hydrogens is 524 g/mol. The molecule has 0 bridgehead atoms. The zero-order valence-electron chi connectivity index (χ0n) is 24.6. The predicted molar refractivity (Wildman–Crippen MR) is 156 cm³/mol. The summed E-state index contributed by atoms with van der Waals surface area (Å²) in [6, 6.07) is 7.14. The van der Waals surface area contributed by atoms with Crippen molar-refractivity contribution in [3.05, 3.63) is 59.2 Å². The number of unbranched alkanes of at least 4 members (excludes halogenated alkanes) is 2. The monoisotopic (exact) mass is 572 g/mol. The highest BCUT2D eigenvalue weighted by atomic mass is 16.7. The van der Waals surface area contributed by atoms with Crippen molar-refractivity contribution in [3.8, 4) is 0 Å². The van der Waals surface area contributed by atoms with E-state index < -0.39 is 25.2 Å². The first-order valence-electron chi connectivity index (χ1n) is 15.1. The van der Waals surface area contributed by atoms with Crippen LogP contribution in [0.25, 0.3) is 0 Å². The van der Waals surface area contributed by atoms with Gasteiger partial charge in [0.15, 0.2) is 13.6 Å². The van der Waals surface area contributed by atoms with Crippen LogP contribution < -0.4 is 0 Å². The Balaban J connectivity index is 1.52. The summed E-state index contributed by atoms with van der Waals surface area (Å²) in [6.45, 7) is 8.12. The van der Waals surface area contributed by atoms with Gasteiger partial charge in [0.2, 0.25) is 0 Å². The molecule has 0 radical (unpaired) electrons. The van der Waals surface area contributed by atoms with Crippen LogP contribution in [-0.2, 0) is 35.0 Å². The fourth-order valence-electron chi connectivity index (χ4n) is 5.86. The van der Waals surface area contributed by atoms with Crippen LogP contribution in [0.4, 0.5) is 0 Å². The number of rotatable bonds is 16. The Hall–Kier alpha value is -2.52. The van der Waals surface area contributed by atoms with Crippen LogP contribution in [0, 0.1) is 0 Å². The van der Waals surface area contributed by atoms with Gasteiger partial charge in [-0.3, -0.25) is 0 Å². The molecule has 0 atom stereocenters. The molecule has 0 unspecified atom stereocenters. The highest BCUT2D eigenvalue weighted by molar-refractivity contribution is 5.88. The lowest BCUT2D eigenvalue weighted by molar-refractivity contribution is -0.159. The van der Waals surface area contributed by atoms with E-state index in [0.717, 1.165) is 57.8 Å². The molecule has 0 amide bonds. The van der Waals surface area contributed by atoms with Crippen molar-refractivity contribution in [2.75, 3.05) is 26.8 Å². The zero-order valence-corrected chi connectivity index (χ0v) is 24.6. The number of hydrogen-bond acceptors (Lipinski definition) is 8. The number of aliphatic hydroxyl groups excluding tert-OH is 2. The fourth-order valence-corrected chi connectivity index (χ4v) is 5.86. The lowest BCUT2D eigenvalue weighted by Gasteiger charge is -2.32. The molecule has 1 aromatic rings. The summed E-state index contributed by atoms with van der Waals surface area (Å²) < 4.78 is 21.6. The van der Waals surface area contributed by atoms with Crippen LogP contribution in [-0.4, -0.2) is 61.2 Å². The average Bonchev–Trinajstić information content (AvgIpc) is 3.01. The summed E-state index contributed by atoms with van der Waals surface area (Å²) in [5, 5.41) is 17.9. The van der Waals surface area contributed by atoms with Crippen molar-refractivity contribution in [3.63, 3.8) is 0 Å². The molecular formula is C33H48O8.